The Morgan fingerprint density at radius 3 is 2.52 bits per heavy atom. The molecule has 23 heavy (non-hydrogen) atoms. The number of anilines is 1. The van der Waals surface area contributed by atoms with Gasteiger partial charge in [-0.3, -0.25) is 4.68 Å². The minimum atomic E-state index is 0.793. The summed E-state index contributed by atoms with van der Waals surface area (Å²) in [6.45, 7) is 1.67. The van der Waals surface area contributed by atoms with Gasteiger partial charge in [0.25, 0.3) is 0 Å². The van der Waals surface area contributed by atoms with Crippen LogP contribution in [0.1, 0.15) is 11.1 Å². The van der Waals surface area contributed by atoms with Crippen LogP contribution < -0.4 is 10.1 Å². The number of nitrogens with zero attached hydrogens (tertiary/aromatic N) is 2. The highest BCUT2D eigenvalue weighted by atomic mass is 16.5. The van der Waals surface area contributed by atoms with Crippen molar-refractivity contribution in [3.63, 3.8) is 0 Å². The zero-order chi connectivity index (χ0) is 15.9. The molecule has 118 valence electrons. The van der Waals surface area contributed by atoms with Crippen molar-refractivity contribution in [1.82, 2.24) is 9.78 Å². The van der Waals surface area contributed by atoms with Crippen molar-refractivity contribution in [1.29, 1.82) is 0 Å². The zero-order valence-corrected chi connectivity index (χ0v) is 13.3. The molecule has 0 fully saturated rings. The van der Waals surface area contributed by atoms with Crippen molar-refractivity contribution in [3.05, 3.63) is 78.1 Å². The third-order valence-electron chi connectivity index (χ3n) is 3.72. The van der Waals surface area contributed by atoms with E-state index in [-0.39, 0.29) is 0 Å². The Morgan fingerprint density at radius 1 is 1.00 bits per heavy atom. The zero-order valence-electron chi connectivity index (χ0n) is 13.3. The molecular formula is C19H21N3O. The second-order valence-corrected chi connectivity index (χ2v) is 5.44. The van der Waals surface area contributed by atoms with Gasteiger partial charge in [-0.25, -0.2) is 0 Å². The van der Waals surface area contributed by atoms with Crippen LogP contribution in [0.2, 0.25) is 0 Å². The van der Waals surface area contributed by atoms with Gasteiger partial charge in [-0.15, -0.1) is 0 Å². The maximum atomic E-state index is 5.17. The van der Waals surface area contributed by atoms with E-state index in [9.17, 15) is 0 Å². The summed E-state index contributed by atoms with van der Waals surface area (Å²) < 4.78 is 7.12. The monoisotopic (exact) mass is 307 g/mol. The molecule has 0 spiro atoms. The van der Waals surface area contributed by atoms with E-state index < -0.39 is 0 Å². The molecule has 0 aliphatic rings. The molecule has 0 amide bonds. The van der Waals surface area contributed by atoms with E-state index in [1.54, 1.807) is 7.11 Å². The molecule has 3 rings (SSSR count). The van der Waals surface area contributed by atoms with Crippen LogP contribution in [-0.2, 0) is 13.0 Å². The molecule has 4 heteroatoms. The van der Waals surface area contributed by atoms with Gasteiger partial charge in [0.15, 0.2) is 0 Å². The average molecular weight is 307 g/mol. The topological polar surface area (TPSA) is 39.1 Å². The van der Waals surface area contributed by atoms with E-state index in [2.05, 4.69) is 34.7 Å². The van der Waals surface area contributed by atoms with Crippen molar-refractivity contribution in [3.8, 4) is 5.75 Å². The van der Waals surface area contributed by atoms with Gasteiger partial charge in [0, 0.05) is 12.7 Å². The quantitative estimate of drug-likeness (QED) is 0.725. The van der Waals surface area contributed by atoms with Crippen LogP contribution in [-0.4, -0.2) is 23.4 Å². The van der Waals surface area contributed by atoms with Gasteiger partial charge in [0.05, 0.1) is 25.5 Å². The first kappa shape index (κ1) is 15.2. The molecule has 2 aromatic carbocycles. The predicted molar refractivity (Wildman–Crippen MR) is 93.0 cm³/mol. The first-order chi connectivity index (χ1) is 11.3. The second kappa shape index (κ2) is 7.49. The summed E-state index contributed by atoms with van der Waals surface area (Å²) in [5.41, 5.74) is 3.59. The van der Waals surface area contributed by atoms with Crippen molar-refractivity contribution in [2.75, 3.05) is 19.0 Å². The van der Waals surface area contributed by atoms with Gasteiger partial charge in [0.1, 0.15) is 5.75 Å². The number of nitrogens with one attached hydrogen (secondary N) is 1. The molecule has 0 saturated carbocycles. The highest BCUT2D eigenvalue weighted by molar-refractivity contribution is 5.38. The fourth-order valence-corrected chi connectivity index (χ4v) is 2.46. The van der Waals surface area contributed by atoms with Crippen molar-refractivity contribution < 1.29 is 4.74 Å². The molecule has 0 aliphatic carbocycles. The molecular weight excluding hydrogens is 286 g/mol. The lowest BCUT2D eigenvalue weighted by atomic mass is 10.1. The Balaban J connectivity index is 1.49. The lowest BCUT2D eigenvalue weighted by Crippen LogP contribution is -2.04. The van der Waals surface area contributed by atoms with Crippen molar-refractivity contribution in [2.24, 2.45) is 0 Å². The fourth-order valence-electron chi connectivity index (χ4n) is 2.46. The minimum Gasteiger partial charge on any atom is -0.497 e. The number of hydrogen-bond acceptors (Lipinski definition) is 3. The molecule has 3 aromatic rings. The highest BCUT2D eigenvalue weighted by Crippen LogP contribution is 2.12. The Bertz CT molecular complexity index is 720. The van der Waals surface area contributed by atoms with Crippen LogP contribution in [0.3, 0.4) is 0 Å². The Kier molecular flexibility index (Phi) is 4.94. The molecule has 1 heterocycles. The predicted octanol–water partition coefficient (Wildman–Crippen LogP) is 3.59. The molecule has 1 aromatic heterocycles. The number of aromatic nitrogens is 2. The Morgan fingerprint density at radius 2 is 1.78 bits per heavy atom. The van der Waals surface area contributed by atoms with E-state index in [4.69, 9.17) is 4.74 Å². The molecule has 0 unspecified atom stereocenters. The number of ether oxygens (including phenoxy) is 1. The SMILES string of the molecule is COc1ccc(CCNc2cnn(Cc3ccccc3)c2)cc1. The fraction of sp³-hybridized carbons (Fsp3) is 0.211. The van der Waals surface area contributed by atoms with Gasteiger partial charge in [-0.1, -0.05) is 42.5 Å². The molecule has 0 saturated heterocycles. The van der Waals surface area contributed by atoms with Crippen LogP contribution in [0.5, 0.6) is 5.75 Å². The Hall–Kier alpha value is -2.75. The van der Waals surface area contributed by atoms with Crippen molar-refractivity contribution in [2.45, 2.75) is 13.0 Å². The summed E-state index contributed by atoms with van der Waals surface area (Å²) in [5, 5.41) is 7.81. The Labute approximate surface area is 136 Å². The van der Waals surface area contributed by atoms with E-state index in [1.807, 2.05) is 47.4 Å². The lowest BCUT2D eigenvalue weighted by Gasteiger charge is -2.05. The van der Waals surface area contributed by atoms with Gasteiger partial charge in [-0.2, -0.15) is 5.10 Å². The first-order valence-electron chi connectivity index (χ1n) is 7.77. The maximum Gasteiger partial charge on any atom is 0.118 e. The average Bonchev–Trinajstić information content (AvgIpc) is 3.04. The summed E-state index contributed by atoms with van der Waals surface area (Å²) in [4.78, 5) is 0. The molecule has 0 atom stereocenters. The van der Waals surface area contributed by atoms with Gasteiger partial charge >= 0.3 is 0 Å². The summed E-state index contributed by atoms with van der Waals surface area (Å²) in [5.74, 6) is 0.892. The smallest absolute Gasteiger partial charge is 0.118 e. The van der Waals surface area contributed by atoms with Gasteiger partial charge < -0.3 is 10.1 Å². The van der Waals surface area contributed by atoms with E-state index in [0.717, 1.165) is 30.9 Å². The molecule has 4 nitrogen and oxygen atoms in total. The van der Waals surface area contributed by atoms with Crippen LogP contribution >= 0.6 is 0 Å². The standard InChI is InChI=1S/C19H21N3O/c1-23-19-9-7-16(8-10-19)11-12-20-18-13-21-22(15-18)14-17-5-3-2-4-6-17/h2-10,13,15,20H,11-12,14H2,1H3. The van der Waals surface area contributed by atoms with Crippen LogP contribution in [0.15, 0.2) is 67.0 Å². The minimum absolute atomic E-state index is 0.793. The molecule has 0 bridgehead atoms. The first-order valence-corrected chi connectivity index (χ1v) is 7.77. The molecule has 0 radical (unpaired) electrons. The lowest BCUT2D eigenvalue weighted by molar-refractivity contribution is 0.414. The number of benzene rings is 2. The second-order valence-electron chi connectivity index (χ2n) is 5.44. The highest BCUT2D eigenvalue weighted by Gasteiger charge is 2.00. The van der Waals surface area contributed by atoms with E-state index >= 15 is 0 Å². The van der Waals surface area contributed by atoms with Crippen LogP contribution in [0.4, 0.5) is 5.69 Å². The van der Waals surface area contributed by atoms with E-state index in [0.29, 0.717) is 0 Å². The van der Waals surface area contributed by atoms with Crippen molar-refractivity contribution >= 4 is 5.69 Å². The van der Waals surface area contributed by atoms with E-state index in [1.165, 1.54) is 11.1 Å². The summed E-state index contributed by atoms with van der Waals surface area (Å²) >= 11 is 0. The van der Waals surface area contributed by atoms with Crippen LogP contribution in [0, 0.1) is 0 Å². The van der Waals surface area contributed by atoms with Gasteiger partial charge in [0.2, 0.25) is 0 Å². The third-order valence-corrected chi connectivity index (χ3v) is 3.72. The maximum absolute atomic E-state index is 5.17. The van der Waals surface area contributed by atoms with Crippen LogP contribution in [0.25, 0.3) is 0 Å². The molecule has 0 aliphatic heterocycles. The number of rotatable bonds is 7. The summed E-state index contributed by atoms with van der Waals surface area (Å²) in [6.07, 6.45) is 4.88. The molecule has 1 N–H and O–H groups in total. The number of methoxy groups -OCH3 is 1. The number of hydrogen-bond donors (Lipinski definition) is 1. The normalized spacial score (nSPS) is 10.5. The summed E-state index contributed by atoms with van der Waals surface area (Å²) in [7, 11) is 1.68. The van der Waals surface area contributed by atoms with Gasteiger partial charge in [-0.05, 0) is 29.7 Å². The largest absolute Gasteiger partial charge is 0.497 e. The third kappa shape index (κ3) is 4.36. The summed E-state index contributed by atoms with van der Waals surface area (Å²) in [6, 6.07) is 18.5.